The molecule has 158 valence electrons. The maximum absolute atomic E-state index is 12.6. The van der Waals surface area contributed by atoms with Crippen LogP contribution in [0.2, 0.25) is 0 Å². The highest BCUT2D eigenvalue weighted by molar-refractivity contribution is 8.00. The number of thioether (sulfide) groups is 1. The van der Waals surface area contributed by atoms with Gasteiger partial charge in [0.2, 0.25) is 6.04 Å². The Morgan fingerprint density at radius 1 is 1.47 bits per heavy atom. The van der Waals surface area contributed by atoms with Crippen molar-refractivity contribution in [3.05, 3.63) is 50.7 Å². The summed E-state index contributed by atoms with van der Waals surface area (Å²) in [5, 5.41) is 16.0. The van der Waals surface area contributed by atoms with Gasteiger partial charge < -0.3 is 15.2 Å². The van der Waals surface area contributed by atoms with Crippen molar-refractivity contribution in [1.82, 2.24) is 10.2 Å². The summed E-state index contributed by atoms with van der Waals surface area (Å²) in [5.74, 6) is -3.10. The Bertz CT molecular complexity index is 942. The number of carboxylic acid groups (broad SMARTS) is 1. The fourth-order valence-electron chi connectivity index (χ4n) is 3.04. The Balaban J connectivity index is 1.72. The largest absolute Gasteiger partial charge is 0.477 e. The number of carboxylic acids is 1. The number of carbonyl (C=O) groups is 4. The quantitative estimate of drug-likeness (QED) is 0.261. The van der Waals surface area contributed by atoms with Crippen LogP contribution in [0.3, 0.4) is 0 Å². The molecule has 0 aliphatic carbocycles. The molecule has 3 atom stereocenters. The molecule has 3 rings (SSSR count). The minimum Gasteiger partial charge on any atom is -0.477 e. The third-order valence-corrected chi connectivity index (χ3v) is 6.67. The van der Waals surface area contributed by atoms with Crippen LogP contribution >= 0.6 is 23.1 Å². The highest BCUT2D eigenvalue weighted by atomic mass is 32.2. The monoisotopic (exact) mass is 451 g/mol. The lowest BCUT2D eigenvalue weighted by molar-refractivity contribution is -0.151. The number of nitroso groups, excluding NO2 is 1. The molecule has 1 aromatic heterocycles. The molecule has 12 heteroatoms. The highest BCUT2D eigenvalue weighted by Crippen LogP contribution is 2.40. The second-order valence-electron chi connectivity index (χ2n) is 6.28. The number of amides is 2. The third-order valence-electron chi connectivity index (χ3n) is 4.41. The second kappa shape index (κ2) is 9.22. The van der Waals surface area contributed by atoms with Gasteiger partial charge in [-0.05, 0) is 18.4 Å². The molecule has 2 aliphatic heterocycles. The van der Waals surface area contributed by atoms with Crippen molar-refractivity contribution in [3.8, 4) is 0 Å². The first-order valence-corrected chi connectivity index (χ1v) is 10.7. The highest BCUT2D eigenvalue weighted by Gasteiger charge is 2.54. The number of β-lactam (4-membered cyclic amide) rings is 1. The number of hydrogen-bond donors (Lipinski definition) is 2. The zero-order chi connectivity index (χ0) is 21.8. The normalized spacial score (nSPS) is 21.6. The molecule has 1 saturated heterocycles. The molecular weight excluding hydrogens is 434 g/mol. The lowest BCUT2D eigenvalue weighted by atomic mass is 10.0. The number of thiophene rings is 1. The van der Waals surface area contributed by atoms with E-state index in [1.54, 1.807) is 24.4 Å². The Morgan fingerprint density at radius 2 is 2.23 bits per heavy atom. The predicted molar refractivity (Wildman–Crippen MR) is 108 cm³/mol. The number of esters is 1. The standard InChI is InChI=1S/C18H17N3O7S2/c1-2-4-11(22)28-7-9-8-30-17-13(16(24)21(17)14(9)18(25)26)19-15(23)12(20-27)10-5-3-6-29-10/h2-6,12-13,17H,7-8H2,1H3,(H,19,23)(H,25,26)/t12?,13-,17+/m1/s1. The van der Waals surface area contributed by atoms with Crippen LogP contribution < -0.4 is 5.32 Å². The van der Waals surface area contributed by atoms with Crippen LogP contribution in [0.5, 0.6) is 0 Å². The summed E-state index contributed by atoms with van der Waals surface area (Å²) in [4.78, 5) is 60.9. The van der Waals surface area contributed by atoms with Crippen molar-refractivity contribution in [1.29, 1.82) is 0 Å². The smallest absolute Gasteiger partial charge is 0.352 e. The van der Waals surface area contributed by atoms with Gasteiger partial charge in [0.05, 0.1) is 0 Å². The number of carbonyl (C=O) groups excluding carboxylic acids is 3. The number of fused-ring (bicyclic) bond motifs is 1. The van der Waals surface area contributed by atoms with Gasteiger partial charge >= 0.3 is 11.9 Å². The van der Waals surface area contributed by atoms with Gasteiger partial charge in [-0.1, -0.05) is 17.3 Å². The Hall–Kier alpha value is -2.99. The van der Waals surface area contributed by atoms with Gasteiger partial charge in [0.15, 0.2) is 0 Å². The molecule has 0 aromatic carbocycles. The van der Waals surface area contributed by atoms with Crippen LogP contribution in [0.25, 0.3) is 0 Å². The van der Waals surface area contributed by atoms with Crippen LogP contribution in [0.1, 0.15) is 17.8 Å². The SMILES string of the molecule is CC=CC(=O)OCC1=C(C(=O)O)N2C(=O)[C@@H](NC(=O)C(N=O)c3cccs3)[C@@H]2SC1. The number of allylic oxidation sites excluding steroid dienone is 1. The molecular formula is C18H17N3O7S2. The number of rotatable bonds is 8. The summed E-state index contributed by atoms with van der Waals surface area (Å²) in [5.41, 5.74) is 0.0246. The molecule has 0 bridgehead atoms. The summed E-state index contributed by atoms with van der Waals surface area (Å²) >= 11 is 2.42. The zero-order valence-electron chi connectivity index (χ0n) is 15.6. The number of hydrogen-bond acceptors (Lipinski definition) is 9. The number of nitrogens with zero attached hydrogens (tertiary/aromatic N) is 2. The van der Waals surface area contributed by atoms with Crippen molar-refractivity contribution in [2.75, 3.05) is 12.4 Å². The van der Waals surface area contributed by atoms with E-state index in [-0.39, 0.29) is 23.6 Å². The molecule has 2 aliphatic rings. The van der Waals surface area contributed by atoms with Crippen molar-refractivity contribution in [2.45, 2.75) is 24.4 Å². The summed E-state index contributed by atoms with van der Waals surface area (Å²) < 4.78 is 5.01. The fraction of sp³-hybridized carbons (Fsp3) is 0.333. The molecule has 10 nitrogen and oxygen atoms in total. The van der Waals surface area contributed by atoms with E-state index in [4.69, 9.17) is 4.74 Å². The van der Waals surface area contributed by atoms with Crippen molar-refractivity contribution < 1.29 is 29.0 Å². The average molecular weight is 451 g/mol. The van der Waals surface area contributed by atoms with Crippen molar-refractivity contribution >= 4 is 46.9 Å². The molecule has 0 saturated carbocycles. The van der Waals surface area contributed by atoms with Crippen molar-refractivity contribution in [2.24, 2.45) is 5.18 Å². The predicted octanol–water partition coefficient (Wildman–Crippen LogP) is 1.41. The third kappa shape index (κ3) is 4.14. The molecule has 2 N–H and O–H groups in total. The maximum atomic E-state index is 12.6. The van der Waals surface area contributed by atoms with Gasteiger partial charge in [-0.2, -0.15) is 0 Å². The first-order chi connectivity index (χ1) is 14.4. The minimum atomic E-state index is -1.33. The summed E-state index contributed by atoms with van der Waals surface area (Å²) in [7, 11) is 0. The number of aliphatic carboxylic acids is 1. The molecule has 0 radical (unpaired) electrons. The van der Waals surface area contributed by atoms with E-state index in [1.807, 2.05) is 0 Å². The molecule has 1 unspecified atom stereocenters. The molecule has 1 fully saturated rings. The van der Waals surface area contributed by atoms with E-state index in [2.05, 4.69) is 10.5 Å². The first kappa shape index (κ1) is 21.7. The van der Waals surface area contributed by atoms with Crippen LogP contribution in [0.15, 0.2) is 46.1 Å². The number of nitrogens with one attached hydrogen (secondary N) is 1. The Morgan fingerprint density at radius 3 is 2.83 bits per heavy atom. The molecule has 2 amide bonds. The van der Waals surface area contributed by atoms with Gasteiger partial charge in [0.25, 0.3) is 11.8 Å². The van der Waals surface area contributed by atoms with E-state index in [9.17, 15) is 29.2 Å². The lowest BCUT2D eigenvalue weighted by Crippen LogP contribution is -2.70. The molecule has 3 heterocycles. The van der Waals surface area contributed by atoms with Gasteiger partial charge in [-0.3, -0.25) is 14.5 Å². The summed E-state index contributed by atoms with van der Waals surface area (Å²) in [6.07, 6.45) is 2.69. The Labute approximate surface area is 178 Å². The number of ether oxygens (including phenoxy) is 1. The molecule has 1 aromatic rings. The second-order valence-corrected chi connectivity index (χ2v) is 8.37. The van der Waals surface area contributed by atoms with Crippen LogP contribution in [-0.4, -0.2) is 57.5 Å². The van der Waals surface area contributed by atoms with Crippen LogP contribution in [0, 0.1) is 4.91 Å². The van der Waals surface area contributed by atoms with E-state index in [0.29, 0.717) is 4.88 Å². The van der Waals surface area contributed by atoms with Gasteiger partial charge in [-0.25, -0.2) is 9.59 Å². The zero-order valence-corrected chi connectivity index (χ0v) is 17.3. The first-order valence-electron chi connectivity index (χ1n) is 8.74. The van der Waals surface area contributed by atoms with Crippen molar-refractivity contribution in [3.63, 3.8) is 0 Å². The van der Waals surface area contributed by atoms with Gasteiger partial charge in [-0.15, -0.1) is 28.0 Å². The summed E-state index contributed by atoms with van der Waals surface area (Å²) in [6.45, 7) is 1.38. The molecule has 0 spiro atoms. The van der Waals surface area contributed by atoms with E-state index >= 15 is 0 Å². The average Bonchev–Trinajstić information content (AvgIpc) is 3.24. The van der Waals surface area contributed by atoms with Crippen LogP contribution in [-0.2, 0) is 23.9 Å². The van der Waals surface area contributed by atoms with E-state index in [1.165, 1.54) is 35.3 Å². The summed E-state index contributed by atoms with van der Waals surface area (Å²) in [6, 6.07) is 1.00. The molecule has 30 heavy (non-hydrogen) atoms. The topological polar surface area (TPSA) is 142 Å². The van der Waals surface area contributed by atoms with E-state index in [0.717, 1.165) is 4.90 Å². The van der Waals surface area contributed by atoms with Gasteiger partial charge in [0, 0.05) is 22.3 Å². The minimum absolute atomic E-state index is 0.200. The maximum Gasteiger partial charge on any atom is 0.352 e. The van der Waals surface area contributed by atoms with Gasteiger partial charge in [0.1, 0.15) is 23.7 Å². The lowest BCUT2D eigenvalue weighted by Gasteiger charge is -2.49. The van der Waals surface area contributed by atoms with Crippen LogP contribution in [0.4, 0.5) is 0 Å². The fourth-order valence-corrected chi connectivity index (χ4v) is 5.12. The van der Waals surface area contributed by atoms with E-state index < -0.39 is 41.2 Å². The Kier molecular flexibility index (Phi) is 6.67.